The predicted molar refractivity (Wildman–Crippen MR) is 62.4 cm³/mol. The van der Waals surface area contributed by atoms with Gasteiger partial charge in [0.2, 0.25) is 0 Å². The first-order valence-corrected chi connectivity index (χ1v) is 5.75. The van der Waals surface area contributed by atoms with Gasteiger partial charge < -0.3 is 0 Å². The van der Waals surface area contributed by atoms with Crippen LogP contribution in [-0.4, -0.2) is 10.2 Å². The number of carbonyl (C=O) groups is 1. The highest BCUT2D eigenvalue weighted by atomic mass is 35.5. The van der Waals surface area contributed by atoms with Crippen molar-refractivity contribution in [1.82, 2.24) is 4.98 Å². The maximum absolute atomic E-state index is 13.5. The Morgan fingerprint density at radius 3 is 2.75 bits per heavy atom. The van der Waals surface area contributed by atoms with E-state index in [9.17, 15) is 9.18 Å². The number of thiazole rings is 1. The molecule has 0 saturated heterocycles. The highest BCUT2D eigenvalue weighted by Crippen LogP contribution is 2.25. The van der Waals surface area contributed by atoms with E-state index in [0.29, 0.717) is 5.56 Å². The molecule has 1 aromatic carbocycles. The van der Waals surface area contributed by atoms with Crippen LogP contribution in [0.15, 0.2) is 23.6 Å². The minimum atomic E-state index is -0.792. The molecule has 0 aliphatic carbocycles. The van der Waals surface area contributed by atoms with Gasteiger partial charge in [0, 0.05) is 16.6 Å². The van der Waals surface area contributed by atoms with Crippen LogP contribution in [0.25, 0.3) is 10.6 Å². The SMILES string of the molecule is Cc1csc(-c2ccc(C(=O)Cl)c(F)c2)n1. The molecule has 0 aliphatic heterocycles. The number of carbonyl (C=O) groups excluding carboxylic acids is 1. The molecule has 0 radical (unpaired) electrons. The number of halogens is 2. The van der Waals surface area contributed by atoms with Gasteiger partial charge in [0.05, 0.1) is 5.56 Å². The molecule has 0 unspecified atom stereocenters. The minimum absolute atomic E-state index is 0.112. The molecule has 1 heterocycles. The molecule has 0 N–H and O–H groups in total. The van der Waals surface area contributed by atoms with Crippen molar-refractivity contribution in [2.24, 2.45) is 0 Å². The Labute approximate surface area is 101 Å². The Kier molecular flexibility index (Phi) is 3.03. The first-order chi connectivity index (χ1) is 7.58. The Bertz CT molecular complexity index is 553. The van der Waals surface area contributed by atoms with Crippen molar-refractivity contribution >= 4 is 28.2 Å². The fraction of sp³-hybridized carbons (Fsp3) is 0.0909. The average molecular weight is 256 g/mol. The zero-order valence-corrected chi connectivity index (χ0v) is 9.90. The van der Waals surface area contributed by atoms with Gasteiger partial charge in [0.15, 0.2) is 0 Å². The lowest BCUT2D eigenvalue weighted by molar-refractivity contribution is 0.107. The summed E-state index contributed by atoms with van der Waals surface area (Å²) < 4.78 is 13.5. The van der Waals surface area contributed by atoms with E-state index in [1.807, 2.05) is 12.3 Å². The van der Waals surface area contributed by atoms with Crippen molar-refractivity contribution in [2.45, 2.75) is 6.92 Å². The van der Waals surface area contributed by atoms with Crippen LogP contribution < -0.4 is 0 Å². The van der Waals surface area contributed by atoms with Crippen LogP contribution in [-0.2, 0) is 0 Å². The Morgan fingerprint density at radius 2 is 2.25 bits per heavy atom. The normalized spacial score (nSPS) is 10.4. The third-order valence-electron chi connectivity index (χ3n) is 2.05. The average Bonchev–Trinajstić information content (AvgIpc) is 2.64. The van der Waals surface area contributed by atoms with E-state index in [0.717, 1.165) is 10.7 Å². The van der Waals surface area contributed by atoms with Crippen molar-refractivity contribution < 1.29 is 9.18 Å². The van der Waals surface area contributed by atoms with E-state index in [-0.39, 0.29) is 5.56 Å². The number of rotatable bonds is 2. The second kappa shape index (κ2) is 4.31. The Morgan fingerprint density at radius 1 is 1.50 bits per heavy atom. The fourth-order valence-electron chi connectivity index (χ4n) is 1.29. The van der Waals surface area contributed by atoms with Gasteiger partial charge in [-0.15, -0.1) is 11.3 Å². The summed E-state index contributed by atoms with van der Waals surface area (Å²) in [4.78, 5) is 15.1. The molecule has 0 bridgehead atoms. The first kappa shape index (κ1) is 11.2. The zero-order chi connectivity index (χ0) is 11.7. The third-order valence-corrected chi connectivity index (χ3v) is 3.26. The van der Waals surface area contributed by atoms with Crippen LogP contribution in [0, 0.1) is 12.7 Å². The smallest absolute Gasteiger partial charge is 0.255 e. The molecule has 0 saturated carbocycles. The first-order valence-electron chi connectivity index (χ1n) is 4.50. The molecule has 0 spiro atoms. The van der Waals surface area contributed by atoms with Crippen molar-refractivity contribution in [3.05, 3.63) is 40.7 Å². The molecule has 16 heavy (non-hydrogen) atoms. The van der Waals surface area contributed by atoms with Gasteiger partial charge in [-0.25, -0.2) is 9.37 Å². The highest BCUT2D eigenvalue weighted by Gasteiger charge is 2.11. The standard InChI is InChI=1S/C11H7ClFNOS/c1-6-5-16-11(14-6)7-2-3-8(10(12)15)9(13)4-7/h2-5H,1H3. The topological polar surface area (TPSA) is 30.0 Å². The highest BCUT2D eigenvalue weighted by molar-refractivity contribution is 7.13. The van der Waals surface area contributed by atoms with Gasteiger partial charge >= 0.3 is 0 Å². The number of aryl methyl sites for hydroxylation is 1. The molecule has 2 nitrogen and oxygen atoms in total. The molecule has 0 fully saturated rings. The summed E-state index contributed by atoms with van der Waals surface area (Å²) in [6, 6.07) is 4.28. The lowest BCUT2D eigenvalue weighted by atomic mass is 10.1. The molecule has 0 aliphatic rings. The Balaban J connectivity index is 2.45. The van der Waals surface area contributed by atoms with E-state index in [2.05, 4.69) is 4.98 Å². The van der Waals surface area contributed by atoms with Crippen molar-refractivity contribution in [3.63, 3.8) is 0 Å². The van der Waals surface area contributed by atoms with Crippen molar-refractivity contribution in [3.8, 4) is 10.6 Å². The van der Waals surface area contributed by atoms with E-state index < -0.39 is 11.1 Å². The number of hydrogen-bond acceptors (Lipinski definition) is 3. The van der Waals surface area contributed by atoms with Gasteiger partial charge in [-0.3, -0.25) is 4.79 Å². The van der Waals surface area contributed by atoms with E-state index in [1.54, 1.807) is 6.07 Å². The number of hydrogen-bond donors (Lipinski definition) is 0. The summed E-state index contributed by atoms with van der Waals surface area (Å²) in [5, 5.41) is 1.82. The Hall–Kier alpha value is -1.26. The fourth-order valence-corrected chi connectivity index (χ4v) is 2.24. The van der Waals surface area contributed by atoms with Gasteiger partial charge in [-0.2, -0.15) is 0 Å². The van der Waals surface area contributed by atoms with Crippen LogP contribution in [0.3, 0.4) is 0 Å². The summed E-state index contributed by atoms with van der Waals surface area (Å²) in [5.41, 5.74) is 1.42. The molecule has 0 atom stereocenters. The van der Waals surface area contributed by atoms with Crippen LogP contribution in [0.4, 0.5) is 4.39 Å². The maximum atomic E-state index is 13.5. The molecular weight excluding hydrogens is 249 g/mol. The monoisotopic (exact) mass is 255 g/mol. The van der Waals surface area contributed by atoms with Gasteiger partial charge in [0.1, 0.15) is 10.8 Å². The molecule has 82 valence electrons. The molecule has 5 heteroatoms. The summed E-state index contributed by atoms with van der Waals surface area (Å²) in [7, 11) is 0. The third kappa shape index (κ3) is 2.13. The van der Waals surface area contributed by atoms with Crippen molar-refractivity contribution in [1.29, 1.82) is 0 Å². The second-order valence-electron chi connectivity index (χ2n) is 3.26. The molecule has 2 rings (SSSR count). The summed E-state index contributed by atoms with van der Waals surface area (Å²) in [6.45, 7) is 1.87. The zero-order valence-electron chi connectivity index (χ0n) is 8.33. The van der Waals surface area contributed by atoms with Gasteiger partial charge in [-0.1, -0.05) is 6.07 Å². The van der Waals surface area contributed by atoms with Crippen molar-refractivity contribution in [2.75, 3.05) is 0 Å². The number of aromatic nitrogens is 1. The maximum Gasteiger partial charge on any atom is 0.255 e. The largest absolute Gasteiger partial charge is 0.275 e. The molecule has 1 aromatic heterocycles. The molecule has 2 aromatic rings. The lowest BCUT2D eigenvalue weighted by Gasteiger charge is -2.00. The number of nitrogens with zero attached hydrogens (tertiary/aromatic N) is 1. The van der Waals surface area contributed by atoms with Gasteiger partial charge in [0.25, 0.3) is 5.24 Å². The van der Waals surface area contributed by atoms with E-state index in [4.69, 9.17) is 11.6 Å². The van der Waals surface area contributed by atoms with Crippen LogP contribution in [0.1, 0.15) is 16.1 Å². The quantitative estimate of drug-likeness (QED) is 0.767. The van der Waals surface area contributed by atoms with E-state index in [1.165, 1.54) is 23.5 Å². The van der Waals surface area contributed by atoms with Crippen LogP contribution >= 0.6 is 22.9 Å². The van der Waals surface area contributed by atoms with Crippen LogP contribution in [0.2, 0.25) is 0 Å². The number of benzene rings is 1. The van der Waals surface area contributed by atoms with E-state index >= 15 is 0 Å². The molecular formula is C11H7ClFNOS. The summed E-state index contributed by atoms with van der Waals surface area (Å²) in [6.07, 6.45) is 0. The minimum Gasteiger partial charge on any atom is -0.275 e. The summed E-state index contributed by atoms with van der Waals surface area (Å²) >= 11 is 6.65. The second-order valence-corrected chi connectivity index (χ2v) is 4.46. The van der Waals surface area contributed by atoms with Crippen LogP contribution in [0.5, 0.6) is 0 Å². The summed E-state index contributed by atoms with van der Waals surface area (Å²) in [5.74, 6) is -0.620. The molecule has 0 amide bonds. The lowest BCUT2D eigenvalue weighted by Crippen LogP contribution is -1.94. The predicted octanol–water partition coefficient (Wildman–Crippen LogP) is 3.64. The van der Waals surface area contributed by atoms with Gasteiger partial charge in [-0.05, 0) is 30.7 Å².